The molecule has 1 unspecified atom stereocenters. The van der Waals surface area contributed by atoms with Crippen molar-refractivity contribution in [1.29, 1.82) is 0 Å². The van der Waals surface area contributed by atoms with E-state index in [1.54, 1.807) is 0 Å². The highest BCUT2D eigenvalue weighted by Gasteiger charge is 2.32. The summed E-state index contributed by atoms with van der Waals surface area (Å²) in [4.78, 5) is 21.8. The third kappa shape index (κ3) is 3.32. The van der Waals surface area contributed by atoms with Crippen molar-refractivity contribution >= 4 is 11.9 Å². The minimum atomic E-state index is -0.371. The molecule has 78 valence electrons. The monoisotopic (exact) mass is 196 g/mol. The Labute approximate surface area is 84.1 Å². The Morgan fingerprint density at radius 2 is 2.21 bits per heavy atom. The average molecular weight is 196 g/mol. The molecule has 1 aliphatic heterocycles. The van der Waals surface area contributed by atoms with E-state index < -0.39 is 0 Å². The molecule has 0 spiro atoms. The van der Waals surface area contributed by atoms with E-state index >= 15 is 0 Å². The summed E-state index contributed by atoms with van der Waals surface area (Å²) in [6, 6.07) is 0. The molecule has 0 aliphatic carbocycles. The fraction of sp³-hybridized carbons (Fsp3) is 0.636. The Hall–Kier alpha value is -1.12. The lowest BCUT2D eigenvalue weighted by Gasteiger charge is -2.01. The maximum atomic E-state index is 11.0. The molecule has 1 fully saturated rings. The van der Waals surface area contributed by atoms with Gasteiger partial charge in [0.05, 0.1) is 12.3 Å². The number of hydrogen-bond donors (Lipinski definition) is 0. The highest BCUT2D eigenvalue weighted by atomic mass is 16.6. The van der Waals surface area contributed by atoms with E-state index in [1.807, 2.05) is 0 Å². The maximum absolute atomic E-state index is 11.0. The predicted octanol–water partition coefficient (Wildman–Crippen LogP) is 2.21. The number of unbranched alkanes of at least 4 members (excludes halogenated alkanes) is 1. The summed E-state index contributed by atoms with van der Waals surface area (Å²) in [5.74, 6) is -0.893. The van der Waals surface area contributed by atoms with Crippen molar-refractivity contribution in [1.82, 2.24) is 0 Å². The van der Waals surface area contributed by atoms with E-state index in [-0.39, 0.29) is 24.3 Å². The molecule has 0 aromatic rings. The Morgan fingerprint density at radius 3 is 2.79 bits per heavy atom. The van der Waals surface area contributed by atoms with Gasteiger partial charge in [0.15, 0.2) is 0 Å². The van der Waals surface area contributed by atoms with Crippen LogP contribution in [-0.4, -0.2) is 11.9 Å². The van der Waals surface area contributed by atoms with Gasteiger partial charge >= 0.3 is 11.9 Å². The first-order chi connectivity index (χ1) is 6.74. The lowest BCUT2D eigenvalue weighted by atomic mass is 10.0. The molecule has 14 heavy (non-hydrogen) atoms. The van der Waals surface area contributed by atoms with Crippen molar-refractivity contribution < 1.29 is 14.3 Å². The van der Waals surface area contributed by atoms with Crippen LogP contribution in [0.25, 0.3) is 0 Å². The van der Waals surface area contributed by atoms with E-state index in [1.165, 1.54) is 0 Å². The lowest BCUT2D eigenvalue weighted by molar-refractivity contribution is -0.153. The van der Waals surface area contributed by atoms with Gasteiger partial charge in [0.25, 0.3) is 0 Å². The molecule has 1 aliphatic rings. The fourth-order valence-corrected chi connectivity index (χ4v) is 1.51. The van der Waals surface area contributed by atoms with Gasteiger partial charge < -0.3 is 4.74 Å². The molecular weight excluding hydrogens is 180 g/mol. The first kappa shape index (κ1) is 11.0. The highest BCUT2D eigenvalue weighted by Crippen LogP contribution is 2.21. The standard InChI is InChI=1S/C11H16O3/c1-2-3-4-5-6-7-9-8-10(12)14-11(9)13/h3-4,9H,2,5-8H2,1H3. The molecule has 1 saturated heterocycles. The average Bonchev–Trinajstić information content (AvgIpc) is 2.45. The summed E-state index contributed by atoms with van der Waals surface area (Å²) < 4.78 is 4.46. The van der Waals surface area contributed by atoms with Gasteiger partial charge in [0.2, 0.25) is 0 Å². The van der Waals surface area contributed by atoms with E-state index in [9.17, 15) is 9.59 Å². The maximum Gasteiger partial charge on any atom is 0.317 e. The first-order valence-corrected chi connectivity index (χ1v) is 5.13. The third-order valence-electron chi connectivity index (χ3n) is 2.29. The molecule has 0 aromatic carbocycles. The van der Waals surface area contributed by atoms with Crippen LogP contribution in [0, 0.1) is 5.92 Å². The number of rotatable bonds is 5. The second-order valence-electron chi connectivity index (χ2n) is 3.50. The van der Waals surface area contributed by atoms with Crippen LogP contribution < -0.4 is 0 Å². The zero-order chi connectivity index (χ0) is 10.4. The number of cyclic esters (lactones) is 2. The van der Waals surface area contributed by atoms with Gasteiger partial charge in [-0.05, 0) is 25.7 Å². The lowest BCUT2D eigenvalue weighted by Crippen LogP contribution is -2.06. The van der Waals surface area contributed by atoms with Crippen LogP contribution in [0.5, 0.6) is 0 Å². The molecular formula is C11H16O3. The number of allylic oxidation sites excluding steroid dienone is 2. The zero-order valence-electron chi connectivity index (χ0n) is 8.49. The molecule has 0 radical (unpaired) electrons. The van der Waals surface area contributed by atoms with Gasteiger partial charge in [0.1, 0.15) is 0 Å². The third-order valence-corrected chi connectivity index (χ3v) is 2.29. The summed E-state index contributed by atoms with van der Waals surface area (Å²) >= 11 is 0. The van der Waals surface area contributed by atoms with Gasteiger partial charge in [0, 0.05) is 0 Å². The summed E-state index contributed by atoms with van der Waals surface area (Å²) in [7, 11) is 0. The minimum absolute atomic E-state index is 0.183. The summed E-state index contributed by atoms with van der Waals surface area (Å²) in [6.07, 6.45) is 8.23. The molecule has 0 aromatic heterocycles. The fourth-order valence-electron chi connectivity index (χ4n) is 1.51. The van der Waals surface area contributed by atoms with Crippen molar-refractivity contribution in [2.24, 2.45) is 5.92 Å². The molecule has 3 nitrogen and oxygen atoms in total. The Bertz CT molecular complexity index is 243. The molecule has 3 heteroatoms. The molecule has 1 atom stereocenters. The van der Waals surface area contributed by atoms with Crippen LogP contribution in [0.3, 0.4) is 0 Å². The molecule has 1 rings (SSSR count). The van der Waals surface area contributed by atoms with Gasteiger partial charge in [-0.1, -0.05) is 19.1 Å². The van der Waals surface area contributed by atoms with Crippen molar-refractivity contribution in [3.05, 3.63) is 12.2 Å². The van der Waals surface area contributed by atoms with Gasteiger partial charge in [-0.2, -0.15) is 0 Å². The van der Waals surface area contributed by atoms with Crippen LogP contribution in [0.1, 0.15) is 39.0 Å². The van der Waals surface area contributed by atoms with E-state index in [0.29, 0.717) is 0 Å². The summed E-state index contributed by atoms with van der Waals surface area (Å²) in [5, 5.41) is 0. The molecule has 1 heterocycles. The number of carbonyl (C=O) groups excluding carboxylic acids is 2. The van der Waals surface area contributed by atoms with Crippen molar-refractivity contribution in [2.45, 2.75) is 39.0 Å². The van der Waals surface area contributed by atoms with Crippen molar-refractivity contribution in [3.63, 3.8) is 0 Å². The normalized spacial score (nSPS) is 21.9. The van der Waals surface area contributed by atoms with Crippen LogP contribution in [-0.2, 0) is 14.3 Å². The van der Waals surface area contributed by atoms with Gasteiger partial charge in [-0.3, -0.25) is 9.59 Å². The minimum Gasteiger partial charge on any atom is -0.393 e. The SMILES string of the molecule is CCC=CCCCC1CC(=O)OC1=O. The second-order valence-corrected chi connectivity index (χ2v) is 3.50. The topological polar surface area (TPSA) is 43.4 Å². The smallest absolute Gasteiger partial charge is 0.317 e. The van der Waals surface area contributed by atoms with E-state index in [2.05, 4.69) is 23.8 Å². The largest absolute Gasteiger partial charge is 0.393 e. The number of esters is 2. The van der Waals surface area contributed by atoms with Crippen molar-refractivity contribution in [3.8, 4) is 0 Å². The highest BCUT2D eigenvalue weighted by molar-refractivity contribution is 5.94. The Morgan fingerprint density at radius 1 is 1.43 bits per heavy atom. The Balaban J connectivity index is 2.16. The zero-order valence-corrected chi connectivity index (χ0v) is 8.49. The van der Waals surface area contributed by atoms with E-state index in [0.717, 1.165) is 25.7 Å². The number of ether oxygens (including phenoxy) is 1. The van der Waals surface area contributed by atoms with Crippen LogP contribution in [0.15, 0.2) is 12.2 Å². The summed E-state index contributed by atoms with van der Waals surface area (Å²) in [5.41, 5.74) is 0. The van der Waals surface area contributed by atoms with Gasteiger partial charge in [-0.15, -0.1) is 0 Å². The first-order valence-electron chi connectivity index (χ1n) is 5.13. The van der Waals surface area contributed by atoms with Crippen LogP contribution >= 0.6 is 0 Å². The molecule has 0 amide bonds. The number of hydrogen-bond acceptors (Lipinski definition) is 3. The van der Waals surface area contributed by atoms with Crippen molar-refractivity contribution in [2.75, 3.05) is 0 Å². The van der Waals surface area contributed by atoms with Gasteiger partial charge in [-0.25, -0.2) is 0 Å². The second kappa shape index (κ2) is 5.58. The molecule has 0 bridgehead atoms. The predicted molar refractivity (Wildman–Crippen MR) is 52.5 cm³/mol. The number of carbonyl (C=O) groups is 2. The Kier molecular flexibility index (Phi) is 4.36. The van der Waals surface area contributed by atoms with Crippen LogP contribution in [0.4, 0.5) is 0 Å². The summed E-state index contributed by atoms with van der Waals surface area (Å²) in [6.45, 7) is 2.09. The van der Waals surface area contributed by atoms with E-state index in [4.69, 9.17) is 0 Å². The molecule has 0 saturated carbocycles. The van der Waals surface area contributed by atoms with Crippen LogP contribution in [0.2, 0.25) is 0 Å². The molecule has 0 N–H and O–H groups in total. The quantitative estimate of drug-likeness (QED) is 0.293.